The fourth-order valence-corrected chi connectivity index (χ4v) is 1.20. The lowest BCUT2D eigenvalue weighted by Crippen LogP contribution is -1.91. The number of allylic oxidation sites excluding steroid dienone is 1. The van der Waals surface area contributed by atoms with Crippen molar-refractivity contribution in [2.45, 2.75) is 18.9 Å². The standard InChI is InChI=1S/C12H16O2/c13-10-6-2-5-9-12(14)11-7-3-1-4-8-11/h1,3-5,7-9,12-14H,2,6,10H2/b9-5+/t12-/m1/s1. The van der Waals surface area contributed by atoms with Gasteiger partial charge in [0.05, 0.1) is 6.10 Å². The highest BCUT2D eigenvalue weighted by Crippen LogP contribution is 2.13. The molecule has 0 aromatic heterocycles. The van der Waals surface area contributed by atoms with E-state index in [1.807, 2.05) is 36.4 Å². The average Bonchev–Trinajstić information content (AvgIpc) is 2.25. The Bertz CT molecular complexity index is 267. The number of unbranched alkanes of at least 4 members (excludes halogenated alkanes) is 1. The van der Waals surface area contributed by atoms with Crippen LogP contribution in [0.5, 0.6) is 0 Å². The molecule has 0 saturated carbocycles. The van der Waals surface area contributed by atoms with E-state index in [1.54, 1.807) is 6.08 Å². The van der Waals surface area contributed by atoms with E-state index in [2.05, 4.69) is 0 Å². The highest BCUT2D eigenvalue weighted by atomic mass is 16.3. The third kappa shape index (κ3) is 3.73. The molecule has 2 N–H and O–H groups in total. The van der Waals surface area contributed by atoms with Crippen LogP contribution in [-0.2, 0) is 0 Å². The monoisotopic (exact) mass is 192 g/mol. The van der Waals surface area contributed by atoms with Crippen molar-refractivity contribution in [2.75, 3.05) is 6.61 Å². The summed E-state index contributed by atoms with van der Waals surface area (Å²) in [4.78, 5) is 0. The Hall–Kier alpha value is -1.12. The van der Waals surface area contributed by atoms with Crippen LogP contribution in [0.1, 0.15) is 24.5 Å². The maximum absolute atomic E-state index is 9.67. The first-order chi connectivity index (χ1) is 6.84. The summed E-state index contributed by atoms with van der Waals surface area (Å²) in [7, 11) is 0. The van der Waals surface area contributed by atoms with E-state index in [-0.39, 0.29) is 6.61 Å². The molecule has 0 fully saturated rings. The SMILES string of the molecule is OCCC/C=C/[C@@H](O)c1ccccc1. The van der Waals surface area contributed by atoms with E-state index >= 15 is 0 Å². The summed E-state index contributed by atoms with van der Waals surface area (Å²) in [6.07, 6.45) is 4.67. The molecule has 1 rings (SSSR count). The molecule has 76 valence electrons. The van der Waals surface area contributed by atoms with Crippen LogP contribution < -0.4 is 0 Å². The van der Waals surface area contributed by atoms with Gasteiger partial charge in [0.1, 0.15) is 0 Å². The molecule has 0 saturated heterocycles. The lowest BCUT2D eigenvalue weighted by molar-refractivity contribution is 0.228. The molecule has 0 amide bonds. The Balaban J connectivity index is 2.42. The first kappa shape index (κ1) is 11.0. The number of hydrogen-bond donors (Lipinski definition) is 2. The molecule has 0 aliphatic carbocycles. The molecule has 0 unspecified atom stereocenters. The van der Waals surface area contributed by atoms with Gasteiger partial charge >= 0.3 is 0 Å². The van der Waals surface area contributed by atoms with Gasteiger partial charge in [0.15, 0.2) is 0 Å². The van der Waals surface area contributed by atoms with Crippen molar-refractivity contribution < 1.29 is 10.2 Å². The number of benzene rings is 1. The van der Waals surface area contributed by atoms with Crippen LogP contribution in [0.2, 0.25) is 0 Å². The van der Waals surface area contributed by atoms with Crippen LogP contribution in [0, 0.1) is 0 Å². The maximum atomic E-state index is 9.67. The van der Waals surface area contributed by atoms with E-state index in [0.717, 1.165) is 18.4 Å². The minimum absolute atomic E-state index is 0.200. The van der Waals surface area contributed by atoms with Crippen molar-refractivity contribution in [3.63, 3.8) is 0 Å². The summed E-state index contributed by atoms with van der Waals surface area (Å²) in [6, 6.07) is 9.51. The fraction of sp³-hybridized carbons (Fsp3) is 0.333. The molecule has 1 aromatic rings. The summed E-state index contributed by atoms with van der Waals surface area (Å²) in [5.74, 6) is 0. The van der Waals surface area contributed by atoms with E-state index < -0.39 is 6.10 Å². The summed E-state index contributed by atoms with van der Waals surface area (Å²) in [5.41, 5.74) is 0.896. The van der Waals surface area contributed by atoms with Crippen molar-refractivity contribution in [1.82, 2.24) is 0 Å². The van der Waals surface area contributed by atoms with Crippen LogP contribution in [0.25, 0.3) is 0 Å². The molecular weight excluding hydrogens is 176 g/mol. The maximum Gasteiger partial charge on any atom is 0.0971 e. The van der Waals surface area contributed by atoms with Gasteiger partial charge in [0.2, 0.25) is 0 Å². The topological polar surface area (TPSA) is 40.5 Å². The second-order valence-electron chi connectivity index (χ2n) is 3.15. The third-order valence-corrected chi connectivity index (χ3v) is 1.99. The molecule has 0 heterocycles. The van der Waals surface area contributed by atoms with E-state index in [9.17, 15) is 5.11 Å². The van der Waals surface area contributed by atoms with Gasteiger partial charge in [0, 0.05) is 6.61 Å². The number of aliphatic hydroxyl groups is 2. The smallest absolute Gasteiger partial charge is 0.0971 e. The van der Waals surface area contributed by atoms with E-state index in [1.165, 1.54) is 0 Å². The Kier molecular flexibility index (Phi) is 4.97. The van der Waals surface area contributed by atoms with Crippen LogP contribution in [0.3, 0.4) is 0 Å². The summed E-state index contributed by atoms with van der Waals surface area (Å²) in [5, 5.41) is 18.2. The van der Waals surface area contributed by atoms with Crippen LogP contribution in [0.4, 0.5) is 0 Å². The van der Waals surface area contributed by atoms with E-state index in [0.29, 0.717) is 0 Å². The minimum atomic E-state index is -0.533. The van der Waals surface area contributed by atoms with Crippen molar-refractivity contribution in [1.29, 1.82) is 0 Å². The Morgan fingerprint density at radius 3 is 2.57 bits per heavy atom. The third-order valence-electron chi connectivity index (χ3n) is 1.99. The van der Waals surface area contributed by atoms with Crippen LogP contribution in [-0.4, -0.2) is 16.8 Å². The Morgan fingerprint density at radius 1 is 1.21 bits per heavy atom. The minimum Gasteiger partial charge on any atom is -0.396 e. The number of aliphatic hydroxyl groups excluding tert-OH is 2. The van der Waals surface area contributed by atoms with Gasteiger partial charge in [-0.25, -0.2) is 0 Å². The number of hydrogen-bond acceptors (Lipinski definition) is 2. The lowest BCUT2D eigenvalue weighted by Gasteiger charge is -2.04. The fourth-order valence-electron chi connectivity index (χ4n) is 1.20. The van der Waals surface area contributed by atoms with Gasteiger partial charge < -0.3 is 10.2 Å². The highest BCUT2D eigenvalue weighted by Gasteiger charge is 1.99. The molecule has 2 nitrogen and oxygen atoms in total. The van der Waals surface area contributed by atoms with Gasteiger partial charge in [-0.15, -0.1) is 0 Å². The zero-order chi connectivity index (χ0) is 10.2. The lowest BCUT2D eigenvalue weighted by atomic mass is 10.1. The molecule has 2 heteroatoms. The molecule has 1 atom stereocenters. The van der Waals surface area contributed by atoms with Crippen LogP contribution >= 0.6 is 0 Å². The first-order valence-electron chi connectivity index (χ1n) is 4.85. The van der Waals surface area contributed by atoms with E-state index in [4.69, 9.17) is 5.11 Å². The molecular formula is C12H16O2. The van der Waals surface area contributed by atoms with Gasteiger partial charge in [-0.1, -0.05) is 42.5 Å². The Morgan fingerprint density at radius 2 is 1.93 bits per heavy atom. The predicted octanol–water partition coefficient (Wildman–Crippen LogP) is 2.05. The van der Waals surface area contributed by atoms with Crippen molar-refractivity contribution in [3.8, 4) is 0 Å². The molecule has 1 aromatic carbocycles. The van der Waals surface area contributed by atoms with Crippen molar-refractivity contribution >= 4 is 0 Å². The van der Waals surface area contributed by atoms with Crippen LogP contribution in [0.15, 0.2) is 42.5 Å². The zero-order valence-electron chi connectivity index (χ0n) is 8.13. The average molecular weight is 192 g/mol. The molecule has 0 spiro atoms. The molecule has 14 heavy (non-hydrogen) atoms. The largest absolute Gasteiger partial charge is 0.396 e. The second kappa shape index (κ2) is 6.35. The Labute approximate surface area is 84.5 Å². The zero-order valence-corrected chi connectivity index (χ0v) is 8.13. The molecule has 0 aliphatic heterocycles. The molecule has 0 aliphatic rings. The highest BCUT2D eigenvalue weighted by molar-refractivity contribution is 5.20. The summed E-state index contributed by atoms with van der Waals surface area (Å²) < 4.78 is 0. The predicted molar refractivity (Wildman–Crippen MR) is 56.9 cm³/mol. The van der Waals surface area contributed by atoms with Gasteiger partial charge in [-0.3, -0.25) is 0 Å². The van der Waals surface area contributed by atoms with Crippen molar-refractivity contribution in [3.05, 3.63) is 48.0 Å². The van der Waals surface area contributed by atoms with Gasteiger partial charge in [0.25, 0.3) is 0 Å². The normalized spacial score (nSPS) is 13.3. The first-order valence-corrected chi connectivity index (χ1v) is 4.85. The van der Waals surface area contributed by atoms with Gasteiger partial charge in [-0.2, -0.15) is 0 Å². The molecule has 0 bridgehead atoms. The van der Waals surface area contributed by atoms with Gasteiger partial charge in [-0.05, 0) is 18.4 Å². The van der Waals surface area contributed by atoms with Crippen molar-refractivity contribution in [2.24, 2.45) is 0 Å². The summed E-state index contributed by atoms with van der Waals surface area (Å²) >= 11 is 0. The summed E-state index contributed by atoms with van der Waals surface area (Å²) in [6.45, 7) is 0.200. The molecule has 0 radical (unpaired) electrons. The quantitative estimate of drug-likeness (QED) is 0.553. The number of rotatable bonds is 5. The second-order valence-corrected chi connectivity index (χ2v) is 3.15.